The third-order valence-corrected chi connectivity index (χ3v) is 3.09. The molecule has 1 aromatic carbocycles. The van der Waals surface area contributed by atoms with Crippen LogP contribution in [0.25, 0.3) is 0 Å². The van der Waals surface area contributed by atoms with E-state index in [2.05, 4.69) is 22.6 Å². The molecule has 0 unspecified atom stereocenters. The van der Waals surface area contributed by atoms with Gasteiger partial charge in [-0.25, -0.2) is 0 Å². The number of carboxylic acid groups (broad SMARTS) is 1. The molecule has 2 rings (SSSR count). The van der Waals surface area contributed by atoms with Crippen LogP contribution in [-0.2, 0) is 9.59 Å². The summed E-state index contributed by atoms with van der Waals surface area (Å²) in [6, 6.07) is 5.46. The Balaban J connectivity index is 2.27. The molecule has 90 valence electrons. The first kappa shape index (κ1) is 12.2. The Morgan fingerprint density at radius 2 is 2.29 bits per heavy atom. The molecule has 1 N–H and O–H groups in total. The molecule has 1 aromatic rings. The third kappa shape index (κ3) is 2.68. The molecule has 1 aliphatic rings. The van der Waals surface area contributed by atoms with Gasteiger partial charge in [0, 0.05) is 10.1 Å². The van der Waals surface area contributed by atoms with E-state index >= 15 is 0 Å². The number of rotatable bonds is 3. The maximum absolute atomic E-state index is 11.7. The molecule has 6 heteroatoms. The lowest BCUT2D eigenvalue weighted by atomic mass is 10.2. The van der Waals surface area contributed by atoms with Crippen molar-refractivity contribution < 1.29 is 19.4 Å². The zero-order chi connectivity index (χ0) is 12.4. The zero-order valence-electron chi connectivity index (χ0n) is 8.85. The first-order valence-electron chi connectivity index (χ1n) is 5.02. The molecule has 0 atom stereocenters. The lowest BCUT2D eigenvalue weighted by molar-refractivity contribution is -0.136. The van der Waals surface area contributed by atoms with Crippen molar-refractivity contribution in [3.05, 3.63) is 21.8 Å². The number of nitrogens with zero attached hydrogens (tertiary/aromatic N) is 1. The maximum Gasteiger partial charge on any atom is 0.305 e. The molecule has 1 heterocycles. The SMILES string of the molecule is O=C(O)CCN1C(=O)COc2cc(I)ccc21. The average molecular weight is 347 g/mol. The minimum Gasteiger partial charge on any atom is -0.482 e. The highest BCUT2D eigenvalue weighted by Crippen LogP contribution is 2.33. The van der Waals surface area contributed by atoms with Gasteiger partial charge in [-0.3, -0.25) is 9.59 Å². The van der Waals surface area contributed by atoms with Crippen molar-refractivity contribution in [1.82, 2.24) is 0 Å². The van der Waals surface area contributed by atoms with Crippen LogP contribution in [0.15, 0.2) is 18.2 Å². The maximum atomic E-state index is 11.7. The fourth-order valence-electron chi connectivity index (χ4n) is 1.63. The van der Waals surface area contributed by atoms with Gasteiger partial charge in [0.1, 0.15) is 5.75 Å². The van der Waals surface area contributed by atoms with Crippen molar-refractivity contribution in [3.8, 4) is 5.75 Å². The number of carbonyl (C=O) groups excluding carboxylic acids is 1. The van der Waals surface area contributed by atoms with Crippen LogP contribution < -0.4 is 9.64 Å². The van der Waals surface area contributed by atoms with Crippen LogP contribution in [0.4, 0.5) is 5.69 Å². The molecule has 0 spiro atoms. The Labute approximate surface area is 112 Å². The molecular weight excluding hydrogens is 337 g/mol. The van der Waals surface area contributed by atoms with E-state index in [1.54, 1.807) is 6.07 Å². The van der Waals surface area contributed by atoms with E-state index in [1.807, 2.05) is 12.1 Å². The standard InChI is InChI=1S/C11H10INO4/c12-7-1-2-8-9(5-7)17-6-10(14)13(8)4-3-11(15)16/h1-2,5H,3-4,6H2,(H,15,16). The van der Waals surface area contributed by atoms with Crippen molar-refractivity contribution in [1.29, 1.82) is 0 Å². The number of fused-ring (bicyclic) bond motifs is 1. The van der Waals surface area contributed by atoms with E-state index in [4.69, 9.17) is 9.84 Å². The molecule has 0 fully saturated rings. The second-order valence-corrected chi connectivity index (χ2v) is 4.84. The van der Waals surface area contributed by atoms with Gasteiger partial charge in [0.05, 0.1) is 12.1 Å². The van der Waals surface area contributed by atoms with E-state index in [9.17, 15) is 9.59 Å². The summed E-state index contributed by atoms with van der Waals surface area (Å²) in [5.41, 5.74) is 0.642. The molecule has 1 amide bonds. The Bertz CT molecular complexity index is 475. The minimum atomic E-state index is -0.920. The number of anilines is 1. The van der Waals surface area contributed by atoms with Gasteiger partial charge in [0.25, 0.3) is 5.91 Å². The number of halogens is 1. The van der Waals surface area contributed by atoms with Crippen LogP contribution in [0.3, 0.4) is 0 Å². The molecule has 0 aromatic heterocycles. The van der Waals surface area contributed by atoms with Gasteiger partial charge in [-0.15, -0.1) is 0 Å². The predicted molar refractivity (Wildman–Crippen MR) is 69.3 cm³/mol. The summed E-state index contributed by atoms with van der Waals surface area (Å²) in [7, 11) is 0. The first-order chi connectivity index (χ1) is 8.08. The number of ether oxygens (including phenoxy) is 1. The largest absolute Gasteiger partial charge is 0.482 e. The summed E-state index contributed by atoms with van der Waals surface area (Å²) < 4.78 is 6.32. The Hall–Kier alpha value is -1.31. The highest BCUT2D eigenvalue weighted by molar-refractivity contribution is 14.1. The number of carboxylic acids is 1. The fourth-order valence-corrected chi connectivity index (χ4v) is 2.09. The topological polar surface area (TPSA) is 66.8 Å². The number of benzene rings is 1. The molecule has 0 bridgehead atoms. The number of carbonyl (C=O) groups is 2. The average Bonchev–Trinajstić information content (AvgIpc) is 2.27. The van der Waals surface area contributed by atoms with Gasteiger partial charge >= 0.3 is 5.97 Å². The van der Waals surface area contributed by atoms with Crippen molar-refractivity contribution in [2.45, 2.75) is 6.42 Å². The number of aliphatic carboxylic acids is 1. The van der Waals surface area contributed by atoms with Gasteiger partial charge in [0.15, 0.2) is 6.61 Å². The smallest absolute Gasteiger partial charge is 0.305 e. The number of amides is 1. The molecule has 0 aliphatic carbocycles. The Morgan fingerprint density at radius 3 is 3.00 bits per heavy atom. The molecule has 0 radical (unpaired) electrons. The van der Waals surface area contributed by atoms with E-state index in [0.717, 1.165) is 3.57 Å². The van der Waals surface area contributed by atoms with E-state index in [-0.39, 0.29) is 25.5 Å². The van der Waals surface area contributed by atoms with Crippen molar-refractivity contribution in [2.24, 2.45) is 0 Å². The van der Waals surface area contributed by atoms with Crippen molar-refractivity contribution in [3.63, 3.8) is 0 Å². The molecule has 0 saturated heterocycles. The second kappa shape index (κ2) is 4.91. The van der Waals surface area contributed by atoms with Crippen LogP contribution in [0, 0.1) is 3.57 Å². The highest BCUT2D eigenvalue weighted by atomic mass is 127. The summed E-state index contributed by atoms with van der Waals surface area (Å²) in [5, 5.41) is 8.65. The fraction of sp³-hybridized carbons (Fsp3) is 0.273. The van der Waals surface area contributed by atoms with E-state index < -0.39 is 5.97 Å². The quantitative estimate of drug-likeness (QED) is 0.842. The molecule has 17 heavy (non-hydrogen) atoms. The molecular formula is C11H10INO4. The summed E-state index contributed by atoms with van der Waals surface area (Å²) in [4.78, 5) is 23.7. The van der Waals surface area contributed by atoms with Crippen molar-refractivity contribution in [2.75, 3.05) is 18.1 Å². The van der Waals surface area contributed by atoms with Gasteiger partial charge in [-0.2, -0.15) is 0 Å². The highest BCUT2D eigenvalue weighted by Gasteiger charge is 2.25. The van der Waals surface area contributed by atoms with Crippen LogP contribution >= 0.6 is 22.6 Å². The summed E-state index contributed by atoms with van der Waals surface area (Å²) >= 11 is 2.15. The van der Waals surface area contributed by atoms with Crippen molar-refractivity contribution >= 4 is 40.2 Å². The summed E-state index contributed by atoms with van der Waals surface area (Å²) in [6.07, 6.45) is -0.0723. The van der Waals surface area contributed by atoms with Crippen LogP contribution in [0.5, 0.6) is 5.75 Å². The number of hydrogen-bond acceptors (Lipinski definition) is 3. The van der Waals surface area contributed by atoms with E-state index in [1.165, 1.54) is 4.90 Å². The van der Waals surface area contributed by atoms with Crippen LogP contribution in [0.1, 0.15) is 6.42 Å². The lowest BCUT2D eigenvalue weighted by Crippen LogP contribution is -2.40. The molecule has 0 saturated carbocycles. The second-order valence-electron chi connectivity index (χ2n) is 3.59. The normalized spacial score (nSPS) is 14.2. The minimum absolute atomic E-state index is 0.0350. The third-order valence-electron chi connectivity index (χ3n) is 2.41. The predicted octanol–water partition coefficient (Wildman–Crippen LogP) is 1.49. The number of hydrogen-bond donors (Lipinski definition) is 1. The summed E-state index contributed by atoms with van der Waals surface area (Å²) in [6.45, 7) is 0.137. The van der Waals surface area contributed by atoms with Gasteiger partial charge in [-0.1, -0.05) is 0 Å². The van der Waals surface area contributed by atoms with Crippen LogP contribution in [-0.4, -0.2) is 30.1 Å². The van der Waals surface area contributed by atoms with Crippen LogP contribution in [0.2, 0.25) is 0 Å². The Kier molecular flexibility index (Phi) is 3.51. The zero-order valence-corrected chi connectivity index (χ0v) is 11.0. The van der Waals surface area contributed by atoms with E-state index in [0.29, 0.717) is 11.4 Å². The van der Waals surface area contributed by atoms with Gasteiger partial charge in [-0.05, 0) is 40.8 Å². The summed E-state index contributed by atoms with van der Waals surface area (Å²) in [5.74, 6) is -0.502. The first-order valence-corrected chi connectivity index (χ1v) is 6.10. The van der Waals surface area contributed by atoms with Gasteiger partial charge < -0.3 is 14.7 Å². The lowest BCUT2D eigenvalue weighted by Gasteiger charge is -2.29. The monoisotopic (exact) mass is 347 g/mol. The van der Waals surface area contributed by atoms with Gasteiger partial charge in [0.2, 0.25) is 0 Å². The molecule has 5 nitrogen and oxygen atoms in total. The molecule has 1 aliphatic heterocycles. The Morgan fingerprint density at radius 1 is 1.53 bits per heavy atom.